The van der Waals surface area contributed by atoms with Crippen molar-refractivity contribution in [2.24, 2.45) is 22.7 Å². The van der Waals surface area contributed by atoms with Gasteiger partial charge in [0.2, 0.25) is 5.91 Å². The van der Waals surface area contributed by atoms with E-state index in [0.717, 1.165) is 42.7 Å². The second kappa shape index (κ2) is 6.50. The van der Waals surface area contributed by atoms with Crippen molar-refractivity contribution in [1.29, 1.82) is 0 Å². The van der Waals surface area contributed by atoms with Crippen molar-refractivity contribution in [1.82, 2.24) is 4.90 Å². The van der Waals surface area contributed by atoms with Gasteiger partial charge in [0.1, 0.15) is 5.71 Å². The number of fused-ring (bicyclic) bond motifs is 1. The van der Waals surface area contributed by atoms with E-state index in [2.05, 4.69) is 5.10 Å². The Kier molecular flexibility index (Phi) is 4.31. The van der Waals surface area contributed by atoms with Gasteiger partial charge in [-0.05, 0) is 55.7 Å². The number of rotatable bonds is 2. The number of amides is 2. The van der Waals surface area contributed by atoms with E-state index < -0.39 is 0 Å². The van der Waals surface area contributed by atoms with Gasteiger partial charge in [-0.15, -0.1) is 0 Å². The summed E-state index contributed by atoms with van der Waals surface area (Å²) in [4.78, 5) is 27.3. The second-order valence-electron chi connectivity index (χ2n) is 7.92. The minimum absolute atomic E-state index is 0.0330. The Hall–Kier alpha value is -2.21. The lowest BCUT2D eigenvalue weighted by molar-refractivity contribution is -0.123. The summed E-state index contributed by atoms with van der Waals surface area (Å²) in [6.07, 6.45) is 2.90. The van der Waals surface area contributed by atoms with Crippen LogP contribution in [0.25, 0.3) is 0 Å². The molecular formula is C20H26N4O2. The maximum Gasteiger partial charge on any atom is 0.270 e. The van der Waals surface area contributed by atoms with Crippen LogP contribution in [0, 0.1) is 25.7 Å². The third-order valence-corrected chi connectivity index (χ3v) is 6.07. The van der Waals surface area contributed by atoms with Gasteiger partial charge in [-0.25, -0.2) is 5.01 Å². The molecule has 1 saturated heterocycles. The first kappa shape index (κ1) is 17.2. The van der Waals surface area contributed by atoms with E-state index in [-0.39, 0.29) is 17.9 Å². The largest absolute Gasteiger partial charge is 0.337 e. The van der Waals surface area contributed by atoms with E-state index in [1.54, 1.807) is 0 Å². The molecule has 3 unspecified atom stereocenters. The van der Waals surface area contributed by atoms with Crippen molar-refractivity contribution < 1.29 is 9.59 Å². The predicted molar refractivity (Wildman–Crippen MR) is 101 cm³/mol. The van der Waals surface area contributed by atoms with Crippen LogP contribution in [-0.4, -0.2) is 41.6 Å². The summed E-state index contributed by atoms with van der Waals surface area (Å²) in [5, 5.41) is 5.89. The molecule has 0 radical (unpaired) electrons. The Bertz CT molecular complexity index is 788. The number of anilines is 1. The number of likely N-dealkylation sites (tertiary alicyclic amines) is 1. The van der Waals surface area contributed by atoms with Crippen LogP contribution in [0.15, 0.2) is 23.3 Å². The van der Waals surface area contributed by atoms with E-state index in [1.165, 1.54) is 5.01 Å². The number of hydrogen-bond donors (Lipinski definition) is 1. The summed E-state index contributed by atoms with van der Waals surface area (Å²) < 4.78 is 0. The number of nitrogens with zero attached hydrogens (tertiary/aromatic N) is 3. The zero-order chi connectivity index (χ0) is 18.4. The number of aryl methyl sites for hydroxylation is 2. The molecule has 3 aliphatic rings. The van der Waals surface area contributed by atoms with Crippen LogP contribution in [0.2, 0.25) is 0 Å². The first-order chi connectivity index (χ1) is 12.4. The van der Waals surface area contributed by atoms with Crippen LogP contribution < -0.4 is 10.7 Å². The first-order valence-corrected chi connectivity index (χ1v) is 9.46. The molecule has 2 amide bonds. The minimum Gasteiger partial charge on any atom is -0.337 e. The molecule has 26 heavy (non-hydrogen) atoms. The quantitative estimate of drug-likeness (QED) is 0.882. The summed E-state index contributed by atoms with van der Waals surface area (Å²) in [6, 6.07) is 6.14. The fourth-order valence-electron chi connectivity index (χ4n) is 4.50. The summed E-state index contributed by atoms with van der Waals surface area (Å²) in [5.74, 6) is 0.847. The fraction of sp³-hybridized carbons (Fsp3) is 0.550. The summed E-state index contributed by atoms with van der Waals surface area (Å²) in [6.45, 7) is 5.44. The molecule has 2 aliphatic heterocycles. The van der Waals surface area contributed by atoms with Crippen LogP contribution in [0.1, 0.15) is 36.8 Å². The number of carbonyl (C=O) groups excluding carboxylic acids is 2. The van der Waals surface area contributed by atoms with E-state index in [9.17, 15) is 9.59 Å². The van der Waals surface area contributed by atoms with Crippen molar-refractivity contribution in [2.45, 2.75) is 45.6 Å². The molecule has 0 bridgehead atoms. The normalized spacial score (nSPS) is 28.3. The topological polar surface area (TPSA) is 79.0 Å². The Morgan fingerprint density at radius 2 is 2.00 bits per heavy atom. The molecule has 138 valence electrons. The third-order valence-electron chi connectivity index (χ3n) is 6.07. The predicted octanol–water partition coefficient (Wildman–Crippen LogP) is 1.98. The van der Waals surface area contributed by atoms with Gasteiger partial charge >= 0.3 is 0 Å². The van der Waals surface area contributed by atoms with Crippen molar-refractivity contribution >= 4 is 23.2 Å². The minimum atomic E-state index is -0.0597. The van der Waals surface area contributed by atoms with Crippen LogP contribution >= 0.6 is 0 Å². The Labute approximate surface area is 154 Å². The summed E-state index contributed by atoms with van der Waals surface area (Å²) in [7, 11) is 0. The van der Waals surface area contributed by atoms with Gasteiger partial charge < -0.3 is 10.6 Å². The van der Waals surface area contributed by atoms with E-state index in [1.807, 2.05) is 36.9 Å². The van der Waals surface area contributed by atoms with Gasteiger partial charge in [-0.1, -0.05) is 12.1 Å². The number of nitrogens with two attached hydrogens (primary N) is 1. The number of hydrogen-bond acceptors (Lipinski definition) is 4. The van der Waals surface area contributed by atoms with Gasteiger partial charge in [0.25, 0.3) is 5.91 Å². The lowest BCUT2D eigenvalue weighted by Crippen LogP contribution is -2.42. The summed E-state index contributed by atoms with van der Waals surface area (Å²) >= 11 is 0. The van der Waals surface area contributed by atoms with Crippen LogP contribution in [0.4, 0.5) is 5.69 Å². The molecule has 6 heteroatoms. The lowest BCUT2D eigenvalue weighted by Gasteiger charge is -2.27. The van der Waals surface area contributed by atoms with Crippen molar-refractivity contribution in [3.63, 3.8) is 0 Å². The molecule has 1 aromatic carbocycles. The molecule has 1 aliphatic carbocycles. The molecule has 3 atom stereocenters. The van der Waals surface area contributed by atoms with E-state index in [4.69, 9.17) is 5.73 Å². The standard InChI is InChI=1S/C20H26N4O2/c1-12-3-4-13(2)18(9-12)24-19(25)8-7-17(22-24)20(26)23-10-14-5-6-16(21)15(14)11-23/h3-4,9,14-16H,5-8,10-11,21H2,1-2H3. The maximum absolute atomic E-state index is 13.0. The molecule has 2 N–H and O–H groups in total. The molecular weight excluding hydrogens is 328 g/mol. The molecule has 0 aromatic heterocycles. The van der Waals surface area contributed by atoms with Crippen LogP contribution in [0.3, 0.4) is 0 Å². The van der Waals surface area contributed by atoms with Crippen molar-refractivity contribution in [2.75, 3.05) is 18.1 Å². The average Bonchev–Trinajstić information content (AvgIpc) is 3.19. The highest BCUT2D eigenvalue weighted by Gasteiger charge is 2.43. The summed E-state index contributed by atoms with van der Waals surface area (Å²) in [5.41, 5.74) is 9.47. The SMILES string of the molecule is Cc1ccc(C)c(N2N=C(C(=O)N3CC4CCC(N)C4C3)CCC2=O)c1. The molecule has 2 fully saturated rings. The van der Waals surface area contributed by atoms with Crippen LogP contribution in [0.5, 0.6) is 0 Å². The molecule has 4 rings (SSSR count). The second-order valence-corrected chi connectivity index (χ2v) is 7.92. The zero-order valence-electron chi connectivity index (χ0n) is 15.4. The number of benzene rings is 1. The Morgan fingerprint density at radius 1 is 1.19 bits per heavy atom. The zero-order valence-corrected chi connectivity index (χ0v) is 15.4. The highest BCUT2D eigenvalue weighted by molar-refractivity contribution is 6.40. The van der Waals surface area contributed by atoms with E-state index >= 15 is 0 Å². The lowest BCUT2D eigenvalue weighted by atomic mass is 9.98. The van der Waals surface area contributed by atoms with Crippen molar-refractivity contribution in [3.05, 3.63) is 29.3 Å². The van der Waals surface area contributed by atoms with E-state index in [0.29, 0.717) is 30.4 Å². The molecule has 1 saturated carbocycles. The maximum atomic E-state index is 13.0. The number of hydrazone groups is 1. The monoisotopic (exact) mass is 354 g/mol. The molecule has 6 nitrogen and oxygen atoms in total. The average molecular weight is 354 g/mol. The Balaban J connectivity index is 1.57. The van der Waals surface area contributed by atoms with Gasteiger partial charge in [-0.2, -0.15) is 5.10 Å². The van der Waals surface area contributed by atoms with Gasteiger partial charge in [0.05, 0.1) is 5.69 Å². The molecule has 1 aromatic rings. The Morgan fingerprint density at radius 3 is 2.77 bits per heavy atom. The smallest absolute Gasteiger partial charge is 0.270 e. The highest BCUT2D eigenvalue weighted by atomic mass is 16.2. The third kappa shape index (κ3) is 2.92. The fourth-order valence-corrected chi connectivity index (χ4v) is 4.50. The van der Waals surface area contributed by atoms with Gasteiger partial charge in [-0.3, -0.25) is 9.59 Å². The molecule has 2 heterocycles. The van der Waals surface area contributed by atoms with Crippen LogP contribution in [-0.2, 0) is 9.59 Å². The van der Waals surface area contributed by atoms with Gasteiger partial charge in [0.15, 0.2) is 0 Å². The first-order valence-electron chi connectivity index (χ1n) is 9.46. The van der Waals surface area contributed by atoms with Gasteiger partial charge in [0, 0.05) is 32.0 Å². The number of carbonyl (C=O) groups is 2. The molecule has 0 spiro atoms. The highest BCUT2D eigenvalue weighted by Crippen LogP contribution is 2.37. The van der Waals surface area contributed by atoms with Crippen molar-refractivity contribution in [3.8, 4) is 0 Å².